The molecule has 0 N–H and O–H groups in total. The molecular formula is C83H50BNO2. The molecule has 0 amide bonds. The number of hydrogen-bond donors (Lipinski definition) is 0. The van der Waals surface area contributed by atoms with E-state index in [-0.39, 0.29) is 6.71 Å². The minimum Gasteiger partial charge on any atom is -0.458 e. The highest BCUT2D eigenvalue weighted by atomic mass is 16.5. The monoisotopic (exact) mass is 1100 g/mol. The topological polar surface area (TPSA) is 21.7 Å². The van der Waals surface area contributed by atoms with Gasteiger partial charge in [-0.25, -0.2) is 0 Å². The molecule has 4 heteroatoms. The maximum Gasteiger partial charge on any atom is 0.260 e. The van der Waals surface area contributed by atoms with E-state index in [4.69, 9.17) is 9.47 Å². The van der Waals surface area contributed by atoms with Gasteiger partial charge in [-0.05, 0) is 196 Å². The molecule has 402 valence electrons. The highest BCUT2D eigenvalue weighted by molar-refractivity contribution is 6.98. The van der Waals surface area contributed by atoms with Crippen molar-refractivity contribution >= 4 is 121 Å². The van der Waals surface area contributed by atoms with E-state index < -0.39 is 0 Å². The van der Waals surface area contributed by atoms with Gasteiger partial charge in [0, 0.05) is 23.4 Å². The molecule has 2 heterocycles. The van der Waals surface area contributed by atoms with Gasteiger partial charge >= 0.3 is 0 Å². The molecule has 0 atom stereocenters. The predicted octanol–water partition coefficient (Wildman–Crippen LogP) is 20.5. The highest BCUT2D eigenvalue weighted by Gasteiger charge is 2.41. The Morgan fingerprint density at radius 2 is 0.621 bits per heavy atom. The first-order valence-electron chi connectivity index (χ1n) is 30.2. The molecule has 0 saturated carbocycles. The third kappa shape index (κ3) is 7.32. The fourth-order valence-corrected chi connectivity index (χ4v) is 15.2. The standard InChI is InChI=1S/C83H50BNO2/c1-3-13-51(14-4-1)53-29-35-59(36-30-53)85(60-37-31-54(32-38-60)52-15-5-2-6-16-52)49-50-45-77-83-78(46-50)87-76-44-34-58(62-40-42-72-68-24-10-20-56-18-8-22-66(80(56)68)70-28-12-26-64(62)82(70)72)48-74(76)84(83)73-47-57(33-43-75(73)86-77)61-39-41-71-67-23-9-19-55-17-7-21-65(79(55)67)69-27-11-25-63(61)81(69)71/h1-48H,49H2. The van der Waals surface area contributed by atoms with E-state index in [2.05, 4.69) is 296 Å². The van der Waals surface area contributed by atoms with E-state index in [1.165, 1.54) is 120 Å². The summed E-state index contributed by atoms with van der Waals surface area (Å²) in [6.45, 7) is 0.371. The minimum atomic E-state index is -0.197. The minimum absolute atomic E-state index is 0.197. The van der Waals surface area contributed by atoms with E-state index in [1.54, 1.807) is 0 Å². The molecule has 87 heavy (non-hydrogen) atoms. The molecule has 0 spiro atoms. The van der Waals surface area contributed by atoms with Crippen LogP contribution in [0.25, 0.3) is 131 Å². The molecule has 19 rings (SSSR count). The van der Waals surface area contributed by atoms with E-state index in [9.17, 15) is 0 Å². The Morgan fingerprint density at radius 1 is 0.264 bits per heavy atom. The van der Waals surface area contributed by atoms with Crippen LogP contribution in [0.5, 0.6) is 23.0 Å². The van der Waals surface area contributed by atoms with Crippen molar-refractivity contribution in [3.63, 3.8) is 0 Å². The second-order valence-corrected chi connectivity index (χ2v) is 23.8. The van der Waals surface area contributed by atoms with Crippen molar-refractivity contribution in [2.75, 3.05) is 4.90 Å². The van der Waals surface area contributed by atoms with E-state index in [1.807, 2.05) is 0 Å². The van der Waals surface area contributed by atoms with Crippen LogP contribution in [0, 0.1) is 0 Å². The van der Waals surface area contributed by atoms with Crippen LogP contribution >= 0.6 is 0 Å². The second-order valence-electron chi connectivity index (χ2n) is 23.8. The third-order valence-electron chi connectivity index (χ3n) is 19.1. The zero-order valence-corrected chi connectivity index (χ0v) is 47.3. The Labute approximate surface area is 502 Å². The molecule has 0 aliphatic carbocycles. The summed E-state index contributed by atoms with van der Waals surface area (Å²) in [5, 5.41) is 20.5. The second kappa shape index (κ2) is 18.7. The molecule has 0 aromatic heterocycles. The van der Waals surface area contributed by atoms with Crippen molar-refractivity contribution in [2.24, 2.45) is 0 Å². The summed E-state index contributed by atoms with van der Waals surface area (Å²) in [6.07, 6.45) is 0. The largest absolute Gasteiger partial charge is 0.458 e. The summed E-state index contributed by atoms with van der Waals surface area (Å²) >= 11 is 0. The van der Waals surface area contributed by atoms with Gasteiger partial charge in [0.25, 0.3) is 6.71 Å². The quantitative estimate of drug-likeness (QED) is 0.0860. The van der Waals surface area contributed by atoms with Crippen LogP contribution in [0.15, 0.2) is 291 Å². The number of benzene rings is 17. The summed E-state index contributed by atoms with van der Waals surface area (Å²) in [5.41, 5.74) is 15.9. The van der Waals surface area contributed by atoms with Gasteiger partial charge in [0.2, 0.25) is 0 Å². The number of fused-ring (bicyclic) bond motifs is 8. The van der Waals surface area contributed by atoms with Gasteiger partial charge in [-0.1, -0.05) is 243 Å². The summed E-state index contributed by atoms with van der Waals surface area (Å²) in [6, 6.07) is 107. The third-order valence-corrected chi connectivity index (χ3v) is 19.1. The number of ether oxygens (including phenoxy) is 2. The van der Waals surface area contributed by atoms with Gasteiger partial charge in [-0.15, -0.1) is 0 Å². The molecule has 17 aromatic rings. The molecule has 0 bridgehead atoms. The Bertz CT molecular complexity index is 5220. The summed E-state index contributed by atoms with van der Waals surface area (Å²) in [5.74, 6) is 3.32. The van der Waals surface area contributed by atoms with Gasteiger partial charge < -0.3 is 14.4 Å². The van der Waals surface area contributed by atoms with Crippen LogP contribution in [-0.4, -0.2) is 6.71 Å². The number of hydrogen-bond acceptors (Lipinski definition) is 3. The van der Waals surface area contributed by atoms with Crippen LogP contribution in [-0.2, 0) is 6.54 Å². The van der Waals surface area contributed by atoms with E-state index in [0.29, 0.717) is 6.54 Å². The summed E-state index contributed by atoms with van der Waals surface area (Å²) < 4.78 is 14.6. The molecule has 0 radical (unpaired) electrons. The van der Waals surface area contributed by atoms with Gasteiger partial charge in [0.05, 0.1) is 0 Å². The van der Waals surface area contributed by atoms with E-state index >= 15 is 0 Å². The molecular weight excluding hydrogens is 1050 g/mol. The van der Waals surface area contributed by atoms with Crippen molar-refractivity contribution in [3.8, 4) is 67.5 Å². The molecule has 0 unspecified atom stereocenters. The number of anilines is 2. The molecule has 0 fully saturated rings. The van der Waals surface area contributed by atoms with Crippen LogP contribution in [0.3, 0.4) is 0 Å². The summed E-state index contributed by atoms with van der Waals surface area (Å²) in [4.78, 5) is 2.40. The van der Waals surface area contributed by atoms with Gasteiger partial charge in [-0.2, -0.15) is 0 Å². The zero-order valence-electron chi connectivity index (χ0n) is 47.3. The lowest BCUT2D eigenvalue weighted by atomic mass is 9.34. The Kier molecular flexibility index (Phi) is 10.3. The Balaban J connectivity index is 0.779. The van der Waals surface area contributed by atoms with Gasteiger partial charge in [0.1, 0.15) is 23.0 Å². The molecule has 2 aliphatic rings. The number of rotatable bonds is 8. The zero-order chi connectivity index (χ0) is 56.8. The average molecular weight is 1100 g/mol. The molecule has 3 nitrogen and oxygen atoms in total. The Hall–Kier alpha value is -11.2. The average Bonchev–Trinajstić information content (AvgIpc) is 0.989. The maximum atomic E-state index is 7.29. The fourth-order valence-electron chi connectivity index (χ4n) is 15.2. The van der Waals surface area contributed by atoms with Gasteiger partial charge in [0.15, 0.2) is 0 Å². The van der Waals surface area contributed by atoms with Crippen LogP contribution in [0.1, 0.15) is 5.56 Å². The SMILES string of the molecule is c1ccc(-c2ccc(N(Cc3cc4c5c(c3)Oc3ccc(-c6ccc7c8cccc9cccc(c%10cccc6c%107)c98)cc3B5c3cc(-c5ccc6c7cccc8cccc(c9cccc5c96)c87)ccc3O4)c3ccc(-c4ccccc4)cc3)cc2)cc1. The van der Waals surface area contributed by atoms with Crippen molar-refractivity contribution in [2.45, 2.75) is 6.54 Å². The first kappa shape index (κ1) is 48.2. The van der Waals surface area contributed by atoms with Gasteiger partial charge in [-0.3, -0.25) is 0 Å². The van der Waals surface area contributed by atoms with Crippen molar-refractivity contribution in [1.82, 2.24) is 0 Å². The predicted molar refractivity (Wildman–Crippen MR) is 367 cm³/mol. The lowest BCUT2D eigenvalue weighted by Gasteiger charge is -2.34. The Morgan fingerprint density at radius 3 is 1.05 bits per heavy atom. The smallest absolute Gasteiger partial charge is 0.260 e. The van der Waals surface area contributed by atoms with Crippen molar-refractivity contribution in [1.29, 1.82) is 0 Å². The lowest BCUT2D eigenvalue weighted by molar-refractivity contribution is 0.463. The first-order valence-corrected chi connectivity index (χ1v) is 30.2. The van der Waals surface area contributed by atoms with Crippen molar-refractivity contribution in [3.05, 3.63) is 297 Å². The lowest BCUT2D eigenvalue weighted by Crippen LogP contribution is -2.57. The molecule has 17 aromatic carbocycles. The maximum absolute atomic E-state index is 7.29. The summed E-state index contributed by atoms with van der Waals surface area (Å²) in [7, 11) is 0. The van der Waals surface area contributed by atoms with Crippen molar-refractivity contribution < 1.29 is 9.47 Å². The molecule has 0 saturated heterocycles. The van der Waals surface area contributed by atoms with Crippen LogP contribution < -0.4 is 30.8 Å². The highest BCUT2D eigenvalue weighted by Crippen LogP contribution is 2.47. The normalized spacial score (nSPS) is 12.6. The van der Waals surface area contributed by atoms with Crippen LogP contribution in [0.2, 0.25) is 0 Å². The molecule has 2 aliphatic heterocycles. The van der Waals surface area contributed by atoms with E-state index in [0.717, 1.165) is 67.5 Å². The van der Waals surface area contributed by atoms with Crippen LogP contribution in [0.4, 0.5) is 11.4 Å². The number of nitrogens with zero attached hydrogens (tertiary/aromatic N) is 1. The fraction of sp³-hybridized carbons (Fsp3) is 0.0120. The first-order chi connectivity index (χ1) is 43.1.